The van der Waals surface area contributed by atoms with Crippen molar-refractivity contribution in [3.05, 3.63) is 59.9 Å². The molecule has 1 aromatic heterocycles. The van der Waals surface area contributed by atoms with Crippen molar-refractivity contribution in [1.29, 1.82) is 0 Å². The van der Waals surface area contributed by atoms with E-state index in [1.165, 1.54) is 4.31 Å². The van der Waals surface area contributed by atoms with E-state index >= 15 is 0 Å². The summed E-state index contributed by atoms with van der Waals surface area (Å²) in [5, 5.41) is 2.84. The fraction of sp³-hybridized carbons (Fsp3) is 0.333. The van der Waals surface area contributed by atoms with Gasteiger partial charge in [-0.1, -0.05) is 23.8 Å². The molecule has 0 radical (unpaired) electrons. The number of pyridine rings is 1. The van der Waals surface area contributed by atoms with Gasteiger partial charge in [-0.3, -0.25) is 4.98 Å². The van der Waals surface area contributed by atoms with E-state index < -0.39 is 10.0 Å². The molecule has 0 aliphatic carbocycles. The van der Waals surface area contributed by atoms with Gasteiger partial charge in [0.25, 0.3) is 0 Å². The summed E-state index contributed by atoms with van der Waals surface area (Å²) in [5.74, 6) is 0. The van der Waals surface area contributed by atoms with Crippen LogP contribution in [0.15, 0.2) is 53.7 Å². The zero-order chi connectivity index (χ0) is 18.6. The SMILES string of the molecule is Cc1ccc(S(=O)(=O)N2CCN(C(=O)NCc3cccnc3)CC2)cc1. The standard InChI is InChI=1S/C18H22N4O3S/c1-15-4-6-17(7-5-15)26(24,25)22-11-9-21(10-12-22)18(23)20-14-16-3-2-8-19-13-16/h2-8,13H,9-12,14H2,1H3,(H,20,23). The van der Waals surface area contributed by atoms with E-state index in [1.807, 2.05) is 19.1 Å². The lowest BCUT2D eigenvalue weighted by Gasteiger charge is -2.34. The summed E-state index contributed by atoms with van der Waals surface area (Å²) >= 11 is 0. The molecular formula is C18H22N4O3S. The van der Waals surface area contributed by atoms with Gasteiger partial charge in [-0.15, -0.1) is 0 Å². The first kappa shape index (κ1) is 18.3. The molecule has 1 N–H and O–H groups in total. The van der Waals surface area contributed by atoms with E-state index in [1.54, 1.807) is 41.6 Å². The fourth-order valence-electron chi connectivity index (χ4n) is 2.78. The van der Waals surface area contributed by atoms with E-state index in [0.717, 1.165) is 11.1 Å². The predicted octanol–water partition coefficient (Wildman–Crippen LogP) is 1.61. The maximum Gasteiger partial charge on any atom is 0.317 e. The normalized spacial score (nSPS) is 15.7. The van der Waals surface area contributed by atoms with Gasteiger partial charge in [0.2, 0.25) is 10.0 Å². The van der Waals surface area contributed by atoms with Crippen molar-refractivity contribution in [1.82, 2.24) is 19.5 Å². The molecule has 1 saturated heterocycles. The molecule has 2 aromatic rings. The van der Waals surface area contributed by atoms with E-state index in [0.29, 0.717) is 19.6 Å². The van der Waals surface area contributed by atoms with Crippen LogP contribution in [-0.4, -0.2) is 54.8 Å². The molecule has 2 heterocycles. The molecule has 26 heavy (non-hydrogen) atoms. The Hall–Kier alpha value is -2.45. The monoisotopic (exact) mass is 374 g/mol. The second-order valence-corrected chi connectivity index (χ2v) is 8.16. The van der Waals surface area contributed by atoms with Gasteiger partial charge < -0.3 is 10.2 Å². The highest BCUT2D eigenvalue weighted by molar-refractivity contribution is 7.89. The van der Waals surface area contributed by atoms with Gasteiger partial charge in [0, 0.05) is 45.1 Å². The van der Waals surface area contributed by atoms with E-state index in [-0.39, 0.29) is 24.0 Å². The maximum atomic E-state index is 12.7. The lowest BCUT2D eigenvalue weighted by molar-refractivity contribution is 0.172. The van der Waals surface area contributed by atoms with Crippen LogP contribution in [-0.2, 0) is 16.6 Å². The number of carbonyl (C=O) groups excluding carboxylic acids is 1. The van der Waals surface area contributed by atoms with E-state index in [9.17, 15) is 13.2 Å². The second kappa shape index (κ2) is 7.84. The van der Waals surface area contributed by atoms with Crippen LogP contribution in [0.5, 0.6) is 0 Å². The molecule has 2 amide bonds. The molecule has 8 heteroatoms. The van der Waals surface area contributed by atoms with Crippen LogP contribution in [0.3, 0.4) is 0 Å². The van der Waals surface area contributed by atoms with Gasteiger partial charge in [0.1, 0.15) is 0 Å². The molecule has 1 aliphatic heterocycles. The largest absolute Gasteiger partial charge is 0.334 e. The number of rotatable bonds is 4. The maximum absolute atomic E-state index is 12.7. The number of benzene rings is 1. The Morgan fingerprint density at radius 2 is 1.81 bits per heavy atom. The number of aromatic nitrogens is 1. The summed E-state index contributed by atoms with van der Waals surface area (Å²) < 4.78 is 26.8. The van der Waals surface area contributed by atoms with Crippen molar-refractivity contribution < 1.29 is 13.2 Å². The number of nitrogens with one attached hydrogen (secondary N) is 1. The smallest absolute Gasteiger partial charge is 0.317 e. The van der Waals surface area contributed by atoms with Crippen LogP contribution in [0.25, 0.3) is 0 Å². The molecule has 7 nitrogen and oxygen atoms in total. The van der Waals surface area contributed by atoms with Crippen molar-refractivity contribution >= 4 is 16.1 Å². The molecule has 3 rings (SSSR count). The summed E-state index contributed by atoms with van der Waals surface area (Å²) in [6.45, 7) is 3.62. The van der Waals surface area contributed by atoms with Crippen molar-refractivity contribution in [2.45, 2.75) is 18.4 Å². The Kier molecular flexibility index (Phi) is 5.53. The van der Waals surface area contributed by atoms with Crippen LogP contribution in [0, 0.1) is 6.92 Å². The van der Waals surface area contributed by atoms with Gasteiger partial charge in [-0.2, -0.15) is 4.31 Å². The quantitative estimate of drug-likeness (QED) is 0.881. The van der Waals surface area contributed by atoms with Gasteiger partial charge in [0.05, 0.1) is 4.90 Å². The van der Waals surface area contributed by atoms with E-state index in [4.69, 9.17) is 0 Å². The molecule has 138 valence electrons. The highest BCUT2D eigenvalue weighted by Crippen LogP contribution is 2.18. The van der Waals surface area contributed by atoms with Crippen molar-refractivity contribution in [3.8, 4) is 0 Å². The van der Waals surface area contributed by atoms with Gasteiger partial charge in [-0.25, -0.2) is 13.2 Å². The summed E-state index contributed by atoms with van der Waals surface area (Å²) in [4.78, 5) is 18.2. The number of hydrogen-bond donors (Lipinski definition) is 1. The Morgan fingerprint density at radius 3 is 2.42 bits per heavy atom. The highest BCUT2D eigenvalue weighted by atomic mass is 32.2. The Balaban J connectivity index is 1.55. The molecule has 0 spiro atoms. The number of aryl methyl sites for hydroxylation is 1. The average Bonchev–Trinajstić information content (AvgIpc) is 2.67. The van der Waals surface area contributed by atoms with Crippen LogP contribution in [0.2, 0.25) is 0 Å². The molecule has 0 unspecified atom stereocenters. The Labute approximate surface area is 153 Å². The third kappa shape index (κ3) is 4.20. The zero-order valence-electron chi connectivity index (χ0n) is 14.6. The number of hydrogen-bond acceptors (Lipinski definition) is 4. The number of carbonyl (C=O) groups is 1. The molecule has 0 bridgehead atoms. The minimum Gasteiger partial charge on any atom is -0.334 e. The van der Waals surface area contributed by atoms with Crippen LogP contribution < -0.4 is 5.32 Å². The highest BCUT2D eigenvalue weighted by Gasteiger charge is 2.29. The summed E-state index contributed by atoms with van der Waals surface area (Å²) in [6, 6.07) is 10.3. The summed E-state index contributed by atoms with van der Waals surface area (Å²) in [5.41, 5.74) is 1.93. The topological polar surface area (TPSA) is 82.6 Å². The first-order valence-corrected chi connectivity index (χ1v) is 9.89. The number of piperazine rings is 1. The van der Waals surface area contributed by atoms with Crippen molar-refractivity contribution in [3.63, 3.8) is 0 Å². The minimum absolute atomic E-state index is 0.193. The Bertz CT molecular complexity index is 846. The van der Waals surface area contributed by atoms with E-state index in [2.05, 4.69) is 10.3 Å². The third-order valence-corrected chi connectivity index (χ3v) is 6.26. The molecule has 0 saturated carbocycles. The molecular weight excluding hydrogens is 352 g/mol. The molecule has 0 atom stereocenters. The number of nitrogens with zero attached hydrogens (tertiary/aromatic N) is 3. The number of urea groups is 1. The van der Waals surface area contributed by atoms with Crippen LogP contribution in [0.4, 0.5) is 4.79 Å². The first-order valence-electron chi connectivity index (χ1n) is 8.45. The third-order valence-electron chi connectivity index (χ3n) is 4.35. The lowest BCUT2D eigenvalue weighted by Crippen LogP contribution is -2.52. The zero-order valence-corrected chi connectivity index (χ0v) is 15.4. The van der Waals surface area contributed by atoms with Gasteiger partial charge >= 0.3 is 6.03 Å². The number of sulfonamides is 1. The second-order valence-electron chi connectivity index (χ2n) is 6.22. The molecule has 1 aromatic carbocycles. The van der Waals surface area contributed by atoms with Crippen LogP contribution in [0.1, 0.15) is 11.1 Å². The summed E-state index contributed by atoms with van der Waals surface area (Å²) in [6.07, 6.45) is 3.38. The predicted molar refractivity (Wildman–Crippen MR) is 98.0 cm³/mol. The van der Waals surface area contributed by atoms with Gasteiger partial charge in [-0.05, 0) is 30.7 Å². The minimum atomic E-state index is -3.52. The lowest BCUT2D eigenvalue weighted by atomic mass is 10.2. The van der Waals surface area contributed by atoms with Crippen LogP contribution >= 0.6 is 0 Å². The molecule has 1 fully saturated rings. The molecule has 1 aliphatic rings. The Morgan fingerprint density at radius 1 is 1.12 bits per heavy atom. The van der Waals surface area contributed by atoms with Gasteiger partial charge in [0.15, 0.2) is 0 Å². The summed E-state index contributed by atoms with van der Waals surface area (Å²) in [7, 11) is -3.52. The van der Waals surface area contributed by atoms with Crippen molar-refractivity contribution in [2.24, 2.45) is 0 Å². The average molecular weight is 374 g/mol. The first-order chi connectivity index (χ1) is 12.5. The fourth-order valence-corrected chi connectivity index (χ4v) is 4.21. The number of amides is 2. The van der Waals surface area contributed by atoms with Crippen molar-refractivity contribution in [2.75, 3.05) is 26.2 Å².